The van der Waals surface area contributed by atoms with Gasteiger partial charge in [0.25, 0.3) is 0 Å². The Labute approximate surface area is 116 Å². The maximum atomic E-state index is 13.7. The zero-order chi connectivity index (χ0) is 14.7. The molecule has 0 heterocycles. The molecule has 1 atom stereocenters. The maximum Gasteiger partial charge on any atom is 0.146 e. The van der Waals surface area contributed by atoms with Crippen LogP contribution < -0.4 is 5.32 Å². The first kappa shape index (κ1) is 14.4. The van der Waals surface area contributed by atoms with Gasteiger partial charge >= 0.3 is 0 Å². The van der Waals surface area contributed by atoms with E-state index in [9.17, 15) is 13.2 Å². The van der Waals surface area contributed by atoms with Crippen LogP contribution in [0.3, 0.4) is 0 Å². The summed E-state index contributed by atoms with van der Waals surface area (Å²) in [4.78, 5) is 0. The van der Waals surface area contributed by atoms with Gasteiger partial charge in [0, 0.05) is 12.1 Å². The highest BCUT2D eigenvalue weighted by molar-refractivity contribution is 5.47. The van der Waals surface area contributed by atoms with Crippen molar-refractivity contribution < 1.29 is 13.2 Å². The van der Waals surface area contributed by atoms with Gasteiger partial charge in [-0.15, -0.1) is 0 Å². The zero-order valence-electron chi connectivity index (χ0n) is 11.4. The van der Waals surface area contributed by atoms with Crippen LogP contribution in [0.1, 0.15) is 18.1 Å². The van der Waals surface area contributed by atoms with Crippen molar-refractivity contribution in [1.82, 2.24) is 0 Å². The molecule has 106 valence electrons. The number of hydrogen-bond donors (Lipinski definition) is 1. The smallest absolute Gasteiger partial charge is 0.146 e. The van der Waals surface area contributed by atoms with Crippen molar-refractivity contribution in [2.75, 3.05) is 5.32 Å². The van der Waals surface area contributed by atoms with Crippen molar-refractivity contribution in [3.05, 3.63) is 65.0 Å². The Bertz CT molecular complexity index is 611. The maximum absolute atomic E-state index is 13.7. The van der Waals surface area contributed by atoms with Crippen LogP contribution in [0.4, 0.5) is 18.9 Å². The summed E-state index contributed by atoms with van der Waals surface area (Å²) < 4.78 is 40.7. The Morgan fingerprint density at radius 3 is 2.40 bits per heavy atom. The number of aryl methyl sites for hydroxylation is 1. The quantitative estimate of drug-likeness (QED) is 0.871. The number of halogens is 3. The fourth-order valence-corrected chi connectivity index (χ4v) is 2.07. The van der Waals surface area contributed by atoms with E-state index in [1.165, 1.54) is 13.0 Å². The van der Waals surface area contributed by atoms with Gasteiger partial charge in [0.1, 0.15) is 17.5 Å². The molecule has 0 saturated heterocycles. The van der Waals surface area contributed by atoms with Gasteiger partial charge < -0.3 is 5.32 Å². The minimum Gasteiger partial charge on any atom is -0.380 e. The standard InChI is InChI=1S/C16H16F3N/c1-10-7-15(19)16(9-14(10)18)20-11(2)8-12-5-3-4-6-13(12)17/h3-7,9,11,20H,8H2,1-2H3. The molecule has 0 aliphatic carbocycles. The van der Waals surface area contributed by atoms with E-state index >= 15 is 0 Å². The second-order valence-electron chi connectivity index (χ2n) is 4.92. The predicted octanol–water partition coefficient (Wildman–Crippen LogP) is 4.46. The third-order valence-electron chi connectivity index (χ3n) is 3.13. The molecule has 1 N–H and O–H groups in total. The molecule has 4 heteroatoms. The van der Waals surface area contributed by atoms with Gasteiger partial charge in [0.05, 0.1) is 5.69 Å². The van der Waals surface area contributed by atoms with Crippen molar-refractivity contribution in [2.45, 2.75) is 26.3 Å². The predicted molar refractivity (Wildman–Crippen MR) is 74.3 cm³/mol. The molecule has 20 heavy (non-hydrogen) atoms. The summed E-state index contributed by atoms with van der Waals surface area (Å²) in [6.45, 7) is 3.30. The third kappa shape index (κ3) is 3.32. The zero-order valence-corrected chi connectivity index (χ0v) is 11.4. The lowest BCUT2D eigenvalue weighted by Crippen LogP contribution is -2.19. The largest absolute Gasteiger partial charge is 0.380 e. The summed E-state index contributed by atoms with van der Waals surface area (Å²) >= 11 is 0. The molecule has 0 aromatic heterocycles. The Balaban J connectivity index is 2.11. The number of anilines is 1. The molecule has 0 radical (unpaired) electrons. The molecule has 2 aromatic rings. The van der Waals surface area contributed by atoms with Crippen molar-refractivity contribution in [2.24, 2.45) is 0 Å². The molecule has 0 amide bonds. The van der Waals surface area contributed by atoms with Crippen LogP contribution in [0.2, 0.25) is 0 Å². The van der Waals surface area contributed by atoms with E-state index in [2.05, 4.69) is 5.32 Å². The molecule has 1 unspecified atom stereocenters. The molecule has 0 aliphatic rings. The van der Waals surface area contributed by atoms with Crippen LogP contribution >= 0.6 is 0 Å². The van der Waals surface area contributed by atoms with E-state index in [1.54, 1.807) is 25.1 Å². The lowest BCUT2D eigenvalue weighted by Gasteiger charge is -2.17. The summed E-state index contributed by atoms with van der Waals surface area (Å²) in [5, 5.41) is 2.87. The van der Waals surface area contributed by atoms with Gasteiger partial charge in [-0.05, 0) is 43.5 Å². The normalized spacial score (nSPS) is 12.2. The molecule has 0 aliphatic heterocycles. The second-order valence-corrected chi connectivity index (χ2v) is 4.92. The van der Waals surface area contributed by atoms with E-state index in [0.717, 1.165) is 12.1 Å². The van der Waals surface area contributed by atoms with E-state index in [1.807, 2.05) is 0 Å². The summed E-state index contributed by atoms with van der Waals surface area (Å²) in [6.07, 6.45) is 0.390. The van der Waals surface area contributed by atoms with Crippen LogP contribution in [-0.2, 0) is 6.42 Å². The highest BCUT2D eigenvalue weighted by atomic mass is 19.1. The molecule has 2 rings (SSSR count). The molecule has 1 nitrogen and oxygen atoms in total. The molecule has 2 aromatic carbocycles. The first-order valence-corrected chi connectivity index (χ1v) is 6.43. The van der Waals surface area contributed by atoms with Crippen molar-refractivity contribution in [1.29, 1.82) is 0 Å². The van der Waals surface area contributed by atoms with Gasteiger partial charge in [0.2, 0.25) is 0 Å². The Hall–Kier alpha value is -1.97. The monoisotopic (exact) mass is 279 g/mol. The summed E-state index contributed by atoms with van der Waals surface area (Å²) in [5.41, 5.74) is 0.896. The minimum absolute atomic E-state index is 0.0944. The van der Waals surface area contributed by atoms with Crippen molar-refractivity contribution in [3.63, 3.8) is 0 Å². The van der Waals surface area contributed by atoms with E-state index in [4.69, 9.17) is 0 Å². The Morgan fingerprint density at radius 1 is 1.00 bits per heavy atom. The second kappa shape index (κ2) is 5.99. The van der Waals surface area contributed by atoms with Crippen LogP contribution in [-0.4, -0.2) is 6.04 Å². The first-order valence-electron chi connectivity index (χ1n) is 6.43. The molecule has 0 bridgehead atoms. The van der Waals surface area contributed by atoms with Crippen LogP contribution in [0, 0.1) is 24.4 Å². The van der Waals surface area contributed by atoms with Crippen LogP contribution in [0.25, 0.3) is 0 Å². The highest BCUT2D eigenvalue weighted by Gasteiger charge is 2.12. The number of hydrogen-bond acceptors (Lipinski definition) is 1. The number of nitrogens with one attached hydrogen (secondary N) is 1. The Morgan fingerprint density at radius 2 is 1.70 bits per heavy atom. The van der Waals surface area contributed by atoms with Crippen LogP contribution in [0.15, 0.2) is 36.4 Å². The van der Waals surface area contributed by atoms with E-state index in [0.29, 0.717) is 12.0 Å². The van der Waals surface area contributed by atoms with E-state index in [-0.39, 0.29) is 23.1 Å². The molecule has 0 fully saturated rings. The summed E-state index contributed by atoms with van der Waals surface area (Å²) in [7, 11) is 0. The highest BCUT2D eigenvalue weighted by Crippen LogP contribution is 2.20. The lowest BCUT2D eigenvalue weighted by molar-refractivity contribution is 0.587. The van der Waals surface area contributed by atoms with Gasteiger partial charge in [-0.1, -0.05) is 18.2 Å². The van der Waals surface area contributed by atoms with Gasteiger partial charge in [-0.25, -0.2) is 13.2 Å². The van der Waals surface area contributed by atoms with Gasteiger partial charge in [-0.2, -0.15) is 0 Å². The van der Waals surface area contributed by atoms with Crippen molar-refractivity contribution in [3.8, 4) is 0 Å². The summed E-state index contributed by atoms with van der Waals surface area (Å²) in [5.74, 6) is -1.27. The van der Waals surface area contributed by atoms with Crippen molar-refractivity contribution >= 4 is 5.69 Å². The topological polar surface area (TPSA) is 12.0 Å². The SMILES string of the molecule is Cc1cc(F)c(NC(C)Cc2ccccc2F)cc1F. The average Bonchev–Trinajstić information content (AvgIpc) is 2.39. The van der Waals surface area contributed by atoms with Crippen LogP contribution in [0.5, 0.6) is 0 Å². The van der Waals surface area contributed by atoms with Gasteiger partial charge in [0.15, 0.2) is 0 Å². The fraction of sp³-hybridized carbons (Fsp3) is 0.250. The third-order valence-corrected chi connectivity index (χ3v) is 3.13. The molecule has 0 saturated carbocycles. The number of rotatable bonds is 4. The summed E-state index contributed by atoms with van der Waals surface area (Å²) in [6, 6.07) is 8.48. The number of benzene rings is 2. The molecule has 0 spiro atoms. The Kier molecular flexibility index (Phi) is 4.32. The minimum atomic E-state index is -0.510. The van der Waals surface area contributed by atoms with Gasteiger partial charge in [-0.3, -0.25) is 0 Å². The average molecular weight is 279 g/mol. The molecular weight excluding hydrogens is 263 g/mol. The van der Waals surface area contributed by atoms with E-state index < -0.39 is 11.6 Å². The fourth-order valence-electron chi connectivity index (χ4n) is 2.07. The first-order chi connectivity index (χ1) is 9.47. The lowest BCUT2D eigenvalue weighted by atomic mass is 10.1. The molecular formula is C16H16F3N.